The lowest BCUT2D eigenvalue weighted by atomic mass is 10.1. The zero-order chi connectivity index (χ0) is 25.0. The van der Waals surface area contributed by atoms with Gasteiger partial charge in [0.05, 0.1) is 34.7 Å². The third-order valence-corrected chi connectivity index (χ3v) is 8.92. The molecule has 9 nitrogen and oxygen atoms in total. The summed E-state index contributed by atoms with van der Waals surface area (Å²) in [6, 6.07) is 6.52. The van der Waals surface area contributed by atoms with E-state index in [1.807, 2.05) is 10.9 Å². The Morgan fingerprint density at radius 3 is 2.51 bits per heavy atom. The summed E-state index contributed by atoms with van der Waals surface area (Å²) in [5.74, 6) is 1.71. The number of carbonyl (C=O) groups is 1. The fraction of sp³-hybridized carbons (Fsp3) is 0.500. The van der Waals surface area contributed by atoms with Gasteiger partial charge < -0.3 is 10.2 Å². The van der Waals surface area contributed by atoms with Gasteiger partial charge in [-0.2, -0.15) is 5.10 Å². The maximum atomic E-state index is 12.5. The van der Waals surface area contributed by atoms with Crippen molar-refractivity contribution in [2.45, 2.75) is 61.9 Å². The number of hydrogen-bond acceptors (Lipinski definition) is 8. The number of sulfone groups is 1. The zero-order valence-corrected chi connectivity index (χ0v) is 22.0. The van der Waals surface area contributed by atoms with Crippen LogP contribution in [0.15, 0.2) is 40.5 Å². The number of nitrogens with one attached hydrogen (secondary N) is 1. The number of fused-ring (bicyclic) bond motifs is 1. The summed E-state index contributed by atoms with van der Waals surface area (Å²) in [6.07, 6.45) is 4.33. The van der Waals surface area contributed by atoms with Gasteiger partial charge in [-0.15, -0.1) is 0 Å². The van der Waals surface area contributed by atoms with Crippen LogP contribution >= 0.6 is 11.8 Å². The summed E-state index contributed by atoms with van der Waals surface area (Å²) in [5, 5.41) is 8.66. The van der Waals surface area contributed by atoms with Gasteiger partial charge in [0, 0.05) is 19.6 Å². The second-order valence-corrected chi connectivity index (χ2v) is 12.6. The lowest BCUT2D eigenvalue weighted by Crippen LogP contribution is -2.29. The molecule has 188 valence electrons. The van der Waals surface area contributed by atoms with Crippen molar-refractivity contribution in [1.82, 2.24) is 25.1 Å². The third kappa shape index (κ3) is 5.78. The van der Waals surface area contributed by atoms with E-state index in [2.05, 4.69) is 22.2 Å². The first kappa shape index (κ1) is 25.4. The molecule has 4 rings (SSSR count). The molecule has 0 saturated carbocycles. The second kappa shape index (κ2) is 10.9. The van der Waals surface area contributed by atoms with Crippen LogP contribution in [0.5, 0.6) is 0 Å². The van der Waals surface area contributed by atoms with Crippen molar-refractivity contribution >= 4 is 44.4 Å². The average Bonchev–Trinajstić information content (AvgIpc) is 3.50. The minimum atomic E-state index is -3.32. The summed E-state index contributed by atoms with van der Waals surface area (Å²) >= 11 is 1.61. The lowest BCUT2D eigenvalue weighted by molar-refractivity contribution is -0.120. The molecule has 1 saturated heterocycles. The topological polar surface area (TPSA) is 110 Å². The molecule has 0 radical (unpaired) electrons. The average molecular weight is 517 g/mol. The van der Waals surface area contributed by atoms with Crippen molar-refractivity contribution in [2.24, 2.45) is 0 Å². The predicted molar refractivity (Wildman–Crippen MR) is 139 cm³/mol. The Balaban J connectivity index is 1.39. The summed E-state index contributed by atoms with van der Waals surface area (Å²) in [4.78, 5) is 24.6. The summed E-state index contributed by atoms with van der Waals surface area (Å²) in [6.45, 7) is 8.28. The number of benzene rings is 1. The minimum Gasteiger partial charge on any atom is -0.356 e. The molecule has 3 aromatic rings. The molecule has 1 fully saturated rings. The first-order chi connectivity index (χ1) is 16.8. The van der Waals surface area contributed by atoms with Gasteiger partial charge >= 0.3 is 0 Å². The number of carbonyl (C=O) groups excluding carboxylic acids is 1. The molecule has 11 heteroatoms. The van der Waals surface area contributed by atoms with Crippen LogP contribution in [0.4, 0.5) is 5.82 Å². The van der Waals surface area contributed by atoms with Crippen LogP contribution in [0.2, 0.25) is 0 Å². The predicted octanol–water partition coefficient (Wildman–Crippen LogP) is 3.08. The Morgan fingerprint density at radius 1 is 1.14 bits per heavy atom. The quantitative estimate of drug-likeness (QED) is 0.323. The van der Waals surface area contributed by atoms with E-state index < -0.39 is 15.1 Å². The van der Waals surface area contributed by atoms with E-state index in [4.69, 9.17) is 9.97 Å². The van der Waals surface area contributed by atoms with E-state index in [0.29, 0.717) is 13.1 Å². The molecule has 1 aliphatic heterocycles. The molecule has 1 amide bonds. The summed E-state index contributed by atoms with van der Waals surface area (Å²) in [5.41, 5.74) is 1.55. The number of aromatic nitrogens is 4. The van der Waals surface area contributed by atoms with Crippen LogP contribution < -0.4 is 10.2 Å². The highest BCUT2D eigenvalue weighted by Crippen LogP contribution is 2.29. The van der Waals surface area contributed by atoms with Crippen LogP contribution in [0.1, 0.15) is 39.2 Å². The third-order valence-electron chi connectivity index (χ3n) is 6.02. The van der Waals surface area contributed by atoms with Crippen LogP contribution in [0.3, 0.4) is 0 Å². The largest absolute Gasteiger partial charge is 0.356 e. The van der Waals surface area contributed by atoms with Crippen molar-refractivity contribution < 1.29 is 13.2 Å². The molecule has 2 aromatic heterocycles. The van der Waals surface area contributed by atoms with Crippen LogP contribution in [0.25, 0.3) is 11.0 Å². The van der Waals surface area contributed by atoms with Gasteiger partial charge in [0.2, 0.25) is 5.91 Å². The van der Waals surface area contributed by atoms with E-state index in [-0.39, 0.29) is 17.2 Å². The molecule has 0 aliphatic carbocycles. The SMILES string of the molecule is CCSc1nc(N2CCCC2)c2cnn(CCNC(=O)Cc3ccc(S(=O)(=O)C(C)C)cc3)c2n1. The molecule has 0 atom stereocenters. The standard InChI is InChI=1S/C24H32N6O3S2/c1-4-34-24-27-22(29-12-5-6-13-29)20-16-26-30(23(20)28-24)14-11-25-21(31)15-18-7-9-19(10-8-18)35(32,33)17(2)3/h7-10,16-17H,4-6,11-15H2,1-3H3,(H,25,31). The highest BCUT2D eigenvalue weighted by molar-refractivity contribution is 7.99. The molecule has 0 unspecified atom stereocenters. The first-order valence-corrected chi connectivity index (χ1v) is 14.5. The molecule has 0 bridgehead atoms. The van der Waals surface area contributed by atoms with Crippen molar-refractivity contribution in [3.8, 4) is 0 Å². The smallest absolute Gasteiger partial charge is 0.224 e. The molecule has 1 aliphatic rings. The number of rotatable bonds is 10. The number of thioether (sulfide) groups is 1. The zero-order valence-electron chi connectivity index (χ0n) is 20.4. The Hall–Kier alpha value is -2.66. The molecular weight excluding hydrogens is 484 g/mol. The Morgan fingerprint density at radius 2 is 1.86 bits per heavy atom. The van der Waals surface area contributed by atoms with E-state index in [1.54, 1.807) is 49.9 Å². The molecule has 1 aromatic carbocycles. The molecular formula is C24H32N6O3S2. The Bertz CT molecular complexity index is 1280. The van der Waals surface area contributed by atoms with Crippen molar-refractivity contribution in [3.05, 3.63) is 36.0 Å². The monoisotopic (exact) mass is 516 g/mol. The normalized spacial score (nSPS) is 14.2. The fourth-order valence-electron chi connectivity index (χ4n) is 4.07. The molecule has 0 spiro atoms. The minimum absolute atomic E-state index is 0.129. The summed E-state index contributed by atoms with van der Waals surface area (Å²) < 4.78 is 26.4. The highest BCUT2D eigenvalue weighted by atomic mass is 32.2. The Labute approximate surface area is 210 Å². The van der Waals surface area contributed by atoms with E-state index >= 15 is 0 Å². The van der Waals surface area contributed by atoms with Gasteiger partial charge in [0.25, 0.3) is 0 Å². The number of anilines is 1. The van der Waals surface area contributed by atoms with Crippen LogP contribution in [0, 0.1) is 0 Å². The van der Waals surface area contributed by atoms with Gasteiger partial charge in [0.1, 0.15) is 5.82 Å². The van der Waals surface area contributed by atoms with Gasteiger partial charge in [-0.25, -0.2) is 23.1 Å². The van der Waals surface area contributed by atoms with Gasteiger partial charge in [-0.05, 0) is 50.1 Å². The number of hydrogen-bond donors (Lipinski definition) is 1. The van der Waals surface area contributed by atoms with Crippen molar-refractivity contribution in [3.63, 3.8) is 0 Å². The summed E-state index contributed by atoms with van der Waals surface area (Å²) in [7, 11) is -3.32. The van der Waals surface area contributed by atoms with Gasteiger partial charge in [-0.1, -0.05) is 30.8 Å². The number of nitrogens with zero attached hydrogens (tertiary/aromatic N) is 5. The molecule has 1 N–H and O–H groups in total. The first-order valence-electron chi connectivity index (χ1n) is 12.0. The highest BCUT2D eigenvalue weighted by Gasteiger charge is 2.21. The lowest BCUT2D eigenvalue weighted by Gasteiger charge is -2.17. The van der Waals surface area contributed by atoms with Gasteiger partial charge in [0.15, 0.2) is 20.6 Å². The van der Waals surface area contributed by atoms with Crippen molar-refractivity contribution in [1.29, 1.82) is 0 Å². The second-order valence-electron chi connectivity index (χ2n) is 8.83. The van der Waals surface area contributed by atoms with Crippen LogP contribution in [-0.4, -0.2) is 64.7 Å². The maximum absolute atomic E-state index is 12.5. The maximum Gasteiger partial charge on any atom is 0.224 e. The van der Waals surface area contributed by atoms with E-state index in [9.17, 15) is 13.2 Å². The van der Waals surface area contributed by atoms with Crippen LogP contribution in [-0.2, 0) is 27.6 Å². The molecule has 3 heterocycles. The van der Waals surface area contributed by atoms with E-state index in [0.717, 1.165) is 59.3 Å². The van der Waals surface area contributed by atoms with Crippen molar-refractivity contribution in [2.75, 3.05) is 30.3 Å². The fourth-order valence-corrected chi connectivity index (χ4v) is 5.69. The number of amides is 1. The van der Waals surface area contributed by atoms with Gasteiger partial charge in [-0.3, -0.25) is 4.79 Å². The Kier molecular flexibility index (Phi) is 7.95. The van der Waals surface area contributed by atoms with E-state index in [1.165, 1.54) is 0 Å². The molecule has 35 heavy (non-hydrogen) atoms.